The van der Waals surface area contributed by atoms with Crippen LogP contribution in [0.1, 0.15) is 35.7 Å². The van der Waals surface area contributed by atoms with Crippen molar-refractivity contribution < 1.29 is 19.0 Å². The largest absolute Gasteiger partial charge is 0.488 e. The lowest BCUT2D eigenvalue weighted by Gasteiger charge is -2.35. The number of β-amino-alcohol motifs (C(OH)–C–C–N with tert-alkyl or cyclic N) is 1. The first-order valence-corrected chi connectivity index (χ1v) is 10.1. The monoisotopic (exact) mass is 400 g/mol. The molecule has 1 atom stereocenters. The normalized spacial score (nSPS) is 16.1. The molecule has 1 amide bonds. The van der Waals surface area contributed by atoms with Crippen LogP contribution in [-0.2, 0) is 0 Å². The number of ether oxygens (including phenoxy) is 1. The van der Waals surface area contributed by atoms with E-state index in [1.54, 1.807) is 18.2 Å². The number of benzene rings is 2. The average Bonchev–Trinajstić information content (AvgIpc) is 2.73. The number of carbonyl (C=O) groups excluding carboxylic acids is 1. The predicted octanol–water partition coefficient (Wildman–Crippen LogP) is 3.15. The van der Waals surface area contributed by atoms with Crippen LogP contribution >= 0.6 is 0 Å². The maximum atomic E-state index is 13.6. The number of nitrogens with zero attached hydrogens (tertiary/aromatic N) is 2. The average molecular weight is 400 g/mol. The fourth-order valence-electron chi connectivity index (χ4n) is 3.43. The van der Waals surface area contributed by atoms with Crippen molar-refractivity contribution in [3.8, 4) is 5.75 Å². The van der Waals surface area contributed by atoms with Gasteiger partial charge in [0.25, 0.3) is 5.91 Å². The number of aliphatic hydroxyl groups is 1. The highest BCUT2D eigenvalue weighted by Crippen LogP contribution is 2.17. The molecular formula is C23H29FN2O3. The molecule has 0 bridgehead atoms. The first-order chi connectivity index (χ1) is 13.9. The van der Waals surface area contributed by atoms with Gasteiger partial charge >= 0.3 is 0 Å². The molecule has 1 aliphatic rings. The Morgan fingerprint density at radius 1 is 1.07 bits per heavy atom. The Kier molecular flexibility index (Phi) is 7.23. The third kappa shape index (κ3) is 5.78. The van der Waals surface area contributed by atoms with Gasteiger partial charge in [0, 0.05) is 38.3 Å². The highest BCUT2D eigenvalue weighted by Gasteiger charge is 2.23. The third-order valence-corrected chi connectivity index (χ3v) is 5.22. The molecule has 29 heavy (non-hydrogen) atoms. The van der Waals surface area contributed by atoms with Crippen LogP contribution in [0.4, 0.5) is 4.39 Å². The van der Waals surface area contributed by atoms with E-state index in [0.29, 0.717) is 44.2 Å². The Hall–Kier alpha value is -2.44. The maximum Gasteiger partial charge on any atom is 0.253 e. The van der Waals surface area contributed by atoms with E-state index in [1.807, 2.05) is 29.2 Å². The first kappa shape index (κ1) is 21.3. The summed E-state index contributed by atoms with van der Waals surface area (Å²) in [6.07, 6.45) is -0.722. The summed E-state index contributed by atoms with van der Waals surface area (Å²) in [5, 5.41) is 10.2. The molecule has 5 nitrogen and oxygen atoms in total. The van der Waals surface area contributed by atoms with E-state index in [9.17, 15) is 14.3 Å². The Labute approximate surface area is 171 Å². The number of hydrogen-bond acceptors (Lipinski definition) is 4. The number of hydrogen-bond donors (Lipinski definition) is 1. The van der Waals surface area contributed by atoms with Crippen molar-refractivity contribution in [2.45, 2.75) is 25.9 Å². The number of piperazine rings is 1. The minimum absolute atomic E-state index is 0.0300. The summed E-state index contributed by atoms with van der Waals surface area (Å²) in [6, 6.07) is 14.0. The molecule has 1 saturated heterocycles. The Morgan fingerprint density at radius 3 is 2.34 bits per heavy atom. The summed E-state index contributed by atoms with van der Waals surface area (Å²) < 4.78 is 18.9. The van der Waals surface area contributed by atoms with Crippen LogP contribution in [0.3, 0.4) is 0 Å². The van der Waals surface area contributed by atoms with Gasteiger partial charge in [-0.2, -0.15) is 0 Å². The fraction of sp³-hybridized carbons (Fsp3) is 0.435. The van der Waals surface area contributed by atoms with Crippen LogP contribution in [0.2, 0.25) is 0 Å². The zero-order valence-corrected chi connectivity index (χ0v) is 17.1. The van der Waals surface area contributed by atoms with E-state index in [2.05, 4.69) is 18.7 Å². The lowest BCUT2D eigenvalue weighted by atomic mass is 10.0. The maximum absolute atomic E-state index is 13.6. The van der Waals surface area contributed by atoms with Gasteiger partial charge in [-0.15, -0.1) is 0 Å². The van der Waals surface area contributed by atoms with Crippen molar-refractivity contribution >= 4 is 5.91 Å². The molecule has 0 aliphatic carbocycles. The van der Waals surface area contributed by atoms with Gasteiger partial charge in [0.05, 0.1) is 0 Å². The van der Waals surface area contributed by atoms with Gasteiger partial charge in [0.15, 0.2) is 11.6 Å². The molecule has 0 saturated carbocycles. The lowest BCUT2D eigenvalue weighted by molar-refractivity contribution is 0.0398. The van der Waals surface area contributed by atoms with Crippen LogP contribution < -0.4 is 4.74 Å². The summed E-state index contributed by atoms with van der Waals surface area (Å²) in [4.78, 5) is 16.7. The molecule has 0 spiro atoms. The molecule has 0 aromatic heterocycles. The molecule has 1 fully saturated rings. The molecule has 1 N–H and O–H groups in total. The van der Waals surface area contributed by atoms with Crippen LogP contribution in [-0.4, -0.2) is 66.2 Å². The van der Waals surface area contributed by atoms with Crippen LogP contribution in [0.25, 0.3) is 0 Å². The molecule has 0 unspecified atom stereocenters. The molecule has 2 aromatic carbocycles. The first-order valence-electron chi connectivity index (χ1n) is 10.1. The molecule has 3 rings (SSSR count). The van der Waals surface area contributed by atoms with Crippen molar-refractivity contribution in [1.82, 2.24) is 9.80 Å². The Morgan fingerprint density at radius 2 is 1.72 bits per heavy atom. The molecular weight excluding hydrogens is 371 g/mol. The molecule has 0 radical (unpaired) electrons. The second-order valence-electron chi connectivity index (χ2n) is 7.76. The summed E-state index contributed by atoms with van der Waals surface area (Å²) in [7, 11) is 0. The van der Waals surface area contributed by atoms with E-state index in [-0.39, 0.29) is 18.3 Å². The van der Waals surface area contributed by atoms with E-state index in [0.717, 1.165) is 0 Å². The smallest absolute Gasteiger partial charge is 0.253 e. The van der Waals surface area contributed by atoms with Crippen LogP contribution in [0.15, 0.2) is 48.5 Å². The zero-order valence-electron chi connectivity index (χ0n) is 17.1. The number of rotatable bonds is 7. The highest BCUT2D eigenvalue weighted by atomic mass is 19.1. The van der Waals surface area contributed by atoms with Gasteiger partial charge in [-0.1, -0.05) is 38.1 Å². The summed E-state index contributed by atoms with van der Waals surface area (Å²) in [5.41, 5.74) is 1.93. The highest BCUT2D eigenvalue weighted by molar-refractivity contribution is 5.94. The second kappa shape index (κ2) is 9.85. The zero-order chi connectivity index (χ0) is 20.8. The van der Waals surface area contributed by atoms with Crippen molar-refractivity contribution in [2.24, 2.45) is 0 Å². The van der Waals surface area contributed by atoms with Gasteiger partial charge in [-0.3, -0.25) is 9.69 Å². The van der Waals surface area contributed by atoms with Crippen molar-refractivity contribution in [1.29, 1.82) is 0 Å². The quantitative estimate of drug-likeness (QED) is 0.776. The Balaban J connectivity index is 1.43. The van der Waals surface area contributed by atoms with Gasteiger partial charge in [0.2, 0.25) is 0 Å². The van der Waals surface area contributed by atoms with Gasteiger partial charge in [-0.25, -0.2) is 4.39 Å². The van der Waals surface area contributed by atoms with Gasteiger partial charge < -0.3 is 14.7 Å². The number of carbonyl (C=O) groups is 1. The van der Waals surface area contributed by atoms with E-state index < -0.39 is 11.9 Å². The van der Waals surface area contributed by atoms with Gasteiger partial charge in [0.1, 0.15) is 12.7 Å². The number of para-hydroxylation sites is 1. The number of aliphatic hydroxyl groups excluding tert-OH is 1. The molecule has 6 heteroatoms. The van der Waals surface area contributed by atoms with Crippen LogP contribution in [0, 0.1) is 5.82 Å². The molecule has 1 aliphatic heterocycles. The minimum Gasteiger partial charge on any atom is -0.488 e. The topological polar surface area (TPSA) is 53.0 Å². The SMILES string of the molecule is CC(C)c1ccc(C(=O)N2CCN(C[C@H](O)COc3ccccc3F)CC2)cc1. The summed E-state index contributed by atoms with van der Waals surface area (Å²) in [6.45, 7) is 7.33. The standard InChI is InChI=1S/C23H29FN2O3/c1-17(2)18-7-9-19(10-8-18)23(28)26-13-11-25(12-14-26)15-20(27)16-29-22-6-4-3-5-21(22)24/h3-10,17,20,27H,11-16H2,1-2H3/t20-/m0/s1. The van der Waals surface area contributed by atoms with Crippen molar-refractivity contribution in [3.63, 3.8) is 0 Å². The van der Waals surface area contributed by atoms with Gasteiger partial charge in [-0.05, 0) is 35.7 Å². The summed E-state index contributed by atoms with van der Waals surface area (Å²) in [5.74, 6) is 0.193. The van der Waals surface area contributed by atoms with Crippen molar-refractivity contribution in [3.05, 3.63) is 65.5 Å². The molecule has 156 valence electrons. The number of halogens is 1. The molecule has 1 heterocycles. The lowest BCUT2D eigenvalue weighted by Crippen LogP contribution is -2.51. The second-order valence-corrected chi connectivity index (χ2v) is 7.76. The molecule has 2 aromatic rings. The minimum atomic E-state index is -0.722. The van der Waals surface area contributed by atoms with Crippen LogP contribution in [0.5, 0.6) is 5.75 Å². The summed E-state index contributed by atoms with van der Waals surface area (Å²) >= 11 is 0. The Bertz CT molecular complexity index is 802. The van der Waals surface area contributed by atoms with E-state index >= 15 is 0 Å². The van der Waals surface area contributed by atoms with E-state index in [1.165, 1.54) is 11.6 Å². The fourth-order valence-corrected chi connectivity index (χ4v) is 3.43. The van der Waals surface area contributed by atoms with E-state index in [4.69, 9.17) is 4.74 Å². The number of amides is 1. The third-order valence-electron chi connectivity index (χ3n) is 5.22. The predicted molar refractivity (Wildman–Crippen MR) is 111 cm³/mol. The van der Waals surface area contributed by atoms with Crippen molar-refractivity contribution in [2.75, 3.05) is 39.3 Å².